The van der Waals surface area contributed by atoms with E-state index in [1.165, 1.54) is 14.0 Å². The molecule has 0 aliphatic rings. The van der Waals surface area contributed by atoms with E-state index in [1.807, 2.05) is 12.1 Å². The second kappa shape index (κ2) is 11.9. The van der Waals surface area contributed by atoms with Gasteiger partial charge in [0.1, 0.15) is 4.88 Å². The Hall–Kier alpha value is -3.87. The summed E-state index contributed by atoms with van der Waals surface area (Å²) in [6.45, 7) is 11.7. The lowest BCUT2D eigenvalue weighted by atomic mass is 9.82. The Kier molecular flexibility index (Phi) is 9.56. The number of carboxylic acid groups (broad SMARTS) is 2. The monoisotopic (exact) mass is 562 g/mol. The Morgan fingerprint density at radius 1 is 0.974 bits per heavy atom. The number of rotatable bonds is 9. The zero-order valence-electron chi connectivity index (χ0n) is 23.6. The zero-order valence-corrected chi connectivity index (χ0v) is 24.4. The maximum atomic E-state index is 12.4. The lowest BCUT2D eigenvalue weighted by Crippen LogP contribution is -2.76. The van der Waals surface area contributed by atoms with E-state index in [9.17, 15) is 29.4 Å². The van der Waals surface area contributed by atoms with Crippen LogP contribution in [0.3, 0.4) is 0 Å². The number of thiazole rings is 1. The number of anilines is 2. The van der Waals surface area contributed by atoms with Gasteiger partial charge in [0, 0.05) is 30.6 Å². The van der Waals surface area contributed by atoms with Crippen LogP contribution in [0.2, 0.25) is 0 Å². The Morgan fingerprint density at radius 2 is 1.56 bits per heavy atom. The summed E-state index contributed by atoms with van der Waals surface area (Å²) in [5, 5.41) is 31.0. The fraction of sp³-hybridized carbons (Fsp3) is 0.500. The standard InChI is InChI=1S/C26H38N6O6S/c1-15(33)28-21-29-18(19(39-21)20(34)27-8)14-11-16-9-12-17(13-10-16)30-26(24(2,3)4,31-22(35)36)32(23(37)38)25(5,6)7/h9-10,12-13,30-31H,11,14H2,1-8H3,(H,27,34)(H,35,36)(H,37,38)(H,28,29,33). The van der Waals surface area contributed by atoms with E-state index < -0.39 is 28.9 Å². The molecule has 0 saturated heterocycles. The van der Waals surface area contributed by atoms with Gasteiger partial charge >= 0.3 is 12.2 Å². The molecule has 12 nitrogen and oxygen atoms in total. The third-order valence-electron chi connectivity index (χ3n) is 5.91. The van der Waals surface area contributed by atoms with Gasteiger partial charge in [-0.05, 0) is 51.3 Å². The highest BCUT2D eigenvalue weighted by Crippen LogP contribution is 2.39. The van der Waals surface area contributed by atoms with Gasteiger partial charge in [0.15, 0.2) is 5.13 Å². The summed E-state index contributed by atoms with van der Waals surface area (Å²) in [6.07, 6.45) is -1.69. The summed E-state index contributed by atoms with van der Waals surface area (Å²) in [7, 11) is 1.53. The molecule has 1 aromatic heterocycles. The predicted octanol–water partition coefficient (Wildman–Crippen LogP) is 4.40. The van der Waals surface area contributed by atoms with Crippen LogP contribution < -0.4 is 21.3 Å². The van der Waals surface area contributed by atoms with E-state index in [0.717, 1.165) is 21.8 Å². The third-order valence-corrected chi connectivity index (χ3v) is 6.93. The molecule has 4 amide bonds. The van der Waals surface area contributed by atoms with Crippen molar-refractivity contribution < 1.29 is 29.4 Å². The Bertz CT molecular complexity index is 1220. The lowest BCUT2D eigenvalue weighted by Gasteiger charge is -2.55. The molecule has 0 spiro atoms. The second-order valence-electron chi connectivity index (χ2n) is 11.1. The Labute approximate surface area is 232 Å². The summed E-state index contributed by atoms with van der Waals surface area (Å²) in [5.41, 5.74) is 0.106. The average Bonchev–Trinajstić information content (AvgIpc) is 3.17. The zero-order chi connectivity index (χ0) is 29.8. The molecule has 2 aromatic rings. The number of carbonyl (C=O) groups is 4. The minimum Gasteiger partial charge on any atom is -0.465 e. The van der Waals surface area contributed by atoms with Crippen molar-refractivity contribution in [2.45, 2.75) is 72.6 Å². The maximum absolute atomic E-state index is 12.4. The van der Waals surface area contributed by atoms with Crippen molar-refractivity contribution in [1.29, 1.82) is 0 Å². The number of aromatic nitrogens is 1. The minimum absolute atomic E-state index is 0.279. The van der Waals surface area contributed by atoms with Crippen molar-refractivity contribution in [3.63, 3.8) is 0 Å². The van der Waals surface area contributed by atoms with Gasteiger partial charge in [0.05, 0.1) is 5.69 Å². The molecule has 6 N–H and O–H groups in total. The first-order chi connectivity index (χ1) is 17.9. The summed E-state index contributed by atoms with van der Waals surface area (Å²) >= 11 is 1.11. The van der Waals surface area contributed by atoms with E-state index >= 15 is 0 Å². The van der Waals surface area contributed by atoms with Gasteiger partial charge < -0.3 is 26.2 Å². The van der Waals surface area contributed by atoms with Crippen LogP contribution in [0.4, 0.5) is 20.4 Å². The Balaban J connectivity index is 2.37. The molecule has 0 radical (unpaired) electrons. The molecule has 0 aliphatic carbocycles. The van der Waals surface area contributed by atoms with Crippen molar-refractivity contribution in [3.8, 4) is 0 Å². The van der Waals surface area contributed by atoms with Crippen LogP contribution in [-0.4, -0.2) is 62.5 Å². The molecule has 0 bridgehead atoms. The molecule has 1 heterocycles. The van der Waals surface area contributed by atoms with Gasteiger partial charge in [-0.15, -0.1) is 0 Å². The fourth-order valence-electron chi connectivity index (χ4n) is 4.18. The summed E-state index contributed by atoms with van der Waals surface area (Å²) in [6, 6.07) is 7.15. The van der Waals surface area contributed by atoms with E-state index in [4.69, 9.17) is 0 Å². The number of hydrogen-bond donors (Lipinski definition) is 6. The van der Waals surface area contributed by atoms with Crippen molar-refractivity contribution in [1.82, 2.24) is 20.5 Å². The summed E-state index contributed by atoms with van der Waals surface area (Å²) < 4.78 is 0. The smallest absolute Gasteiger partial charge is 0.411 e. The van der Waals surface area contributed by atoms with E-state index in [0.29, 0.717) is 34.2 Å². The maximum Gasteiger partial charge on any atom is 0.411 e. The number of benzene rings is 1. The first-order valence-electron chi connectivity index (χ1n) is 12.3. The molecule has 0 fully saturated rings. The van der Waals surface area contributed by atoms with Gasteiger partial charge in [-0.2, -0.15) is 0 Å². The quantitative estimate of drug-likeness (QED) is 0.244. The van der Waals surface area contributed by atoms with Gasteiger partial charge in [-0.3, -0.25) is 19.8 Å². The normalized spacial score (nSPS) is 13.1. The second-order valence-corrected chi connectivity index (χ2v) is 12.1. The van der Waals surface area contributed by atoms with Crippen LogP contribution in [0.5, 0.6) is 0 Å². The molecule has 0 saturated carbocycles. The SMILES string of the molecule is CNC(=O)c1sc(NC(C)=O)nc1CCc1ccc(NC(NC(=O)O)(N(C(=O)O)C(C)(C)C)C(C)(C)C)cc1. The molecule has 2 rings (SSSR count). The minimum atomic E-state index is -1.71. The molecule has 1 aromatic carbocycles. The first kappa shape index (κ1) is 31.3. The molecule has 39 heavy (non-hydrogen) atoms. The van der Waals surface area contributed by atoms with Crippen LogP contribution in [0.1, 0.15) is 69.4 Å². The molecule has 214 valence electrons. The average molecular weight is 563 g/mol. The van der Waals surface area contributed by atoms with Crippen molar-refractivity contribution in [2.75, 3.05) is 17.7 Å². The van der Waals surface area contributed by atoms with Crippen molar-refractivity contribution in [2.24, 2.45) is 5.41 Å². The topological polar surface area (TPSA) is 173 Å². The van der Waals surface area contributed by atoms with Crippen LogP contribution in [-0.2, 0) is 17.6 Å². The lowest BCUT2D eigenvalue weighted by molar-refractivity contribution is -0.114. The molecular formula is C26H38N6O6S. The molecule has 1 atom stereocenters. The number of aryl methyl sites for hydroxylation is 2. The molecular weight excluding hydrogens is 524 g/mol. The molecule has 0 aliphatic heterocycles. The van der Waals surface area contributed by atoms with Crippen LogP contribution in [0, 0.1) is 5.41 Å². The van der Waals surface area contributed by atoms with Crippen molar-refractivity contribution >= 4 is 46.2 Å². The molecule has 1 unspecified atom stereocenters. The van der Waals surface area contributed by atoms with E-state index in [1.54, 1.807) is 53.7 Å². The Morgan fingerprint density at radius 3 is 2.00 bits per heavy atom. The third kappa shape index (κ3) is 7.59. The number of carbonyl (C=O) groups excluding carboxylic acids is 2. The highest BCUT2D eigenvalue weighted by atomic mass is 32.1. The first-order valence-corrected chi connectivity index (χ1v) is 13.1. The van der Waals surface area contributed by atoms with Gasteiger partial charge in [-0.1, -0.05) is 44.2 Å². The van der Waals surface area contributed by atoms with Gasteiger partial charge in [0.25, 0.3) is 5.91 Å². The number of amides is 4. The van der Waals surface area contributed by atoms with Crippen LogP contribution in [0.25, 0.3) is 0 Å². The highest BCUT2D eigenvalue weighted by Gasteiger charge is 2.54. The van der Waals surface area contributed by atoms with Crippen LogP contribution in [0.15, 0.2) is 24.3 Å². The van der Waals surface area contributed by atoms with Gasteiger partial charge in [-0.25, -0.2) is 14.6 Å². The number of hydrogen-bond acceptors (Lipinski definition) is 7. The van der Waals surface area contributed by atoms with E-state index in [2.05, 4.69) is 26.3 Å². The van der Waals surface area contributed by atoms with Gasteiger partial charge in [0.2, 0.25) is 11.7 Å². The molecule has 13 heteroatoms. The number of nitrogens with zero attached hydrogens (tertiary/aromatic N) is 2. The largest absolute Gasteiger partial charge is 0.465 e. The number of nitrogens with one attached hydrogen (secondary N) is 4. The predicted molar refractivity (Wildman–Crippen MR) is 150 cm³/mol. The summed E-state index contributed by atoms with van der Waals surface area (Å²) in [5.74, 6) is -2.28. The van der Waals surface area contributed by atoms with Crippen LogP contribution >= 0.6 is 11.3 Å². The van der Waals surface area contributed by atoms with E-state index in [-0.39, 0.29) is 11.8 Å². The fourth-order valence-corrected chi connectivity index (χ4v) is 5.19. The summed E-state index contributed by atoms with van der Waals surface area (Å²) in [4.78, 5) is 54.0. The van der Waals surface area contributed by atoms with Crippen molar-refractivity contribution in [3.05, 3.63) is 40.4 Å². The highest BCUT2D eigenvalue weighted by molar-refractivity contribution is 7.17.